The minimum atomic E-state index is -0.867. The van der Waals surface area contributed by atoms with Gasteiger partial charge in [0.1, 0.15) is 21.7 Å². The highest BCUT2D eigenvalue weighted by atomic mass is 32.2. The van der Waals surface area contributed by atoms with Crippen LogP contribution in [0.25, 0.3) is 22.0 Å². The summed E-state index contributed by atoms with van der Waals surface area (Å²) < 4.78 is 21.0. The van der Waals surface area contributed by atoms with Crippen molar-refractivity contribution in [3.8, 4) is 5.75 Å². The monoisotopic (exact) mass is 446 g/mol. The van der Waals surface area contributed by atoms with Crippen LogP contribution in [0.4, 0.5) is 4.39 Å². The molecule has 32 heavy (non-hydrogen) atoms. The molecule has 5 rings (SSSR count). The van der Waals surface area contributed by atoms with Gasteiger partial charge in [-0.15, -0.1) is 0 Å². The van der Waals surface area contributed by atoms with E-state index in [1.54, 1.807) is 18.2 Å². The van der Waals surface area contributed by atoms with Crippen molar-refractivity contribution in [2.75, 3.05) is 0 Å². The molecule has 0 fully saturated rings. The van der Waals surface area contributed by atoms with Crippen molar-refractivity contribution in [1.82, 2.24) is 9.55 Å². The van der Waals surface area contributed by atoms with E-state index in [9.17, 15) is 19.1 Å². The molecular formula is C24H15FN2O4S. The lowest BCUT2D eigenvalue weighted by molar-refractivity contribution is 0.446. The van der Waals surface area contributed by atoms with Crippen LogP contribution in [0.1, 0.15) is 5.56 Å². The second-order valence-corrected chi connectivity index (χ2v) is 8.11. The van der Waals surface area contributed by atoms with Gasteiger partial charge in [0.2, 0.25) is 0 Å². The molecule has 0 aliphatic rings. The summed E-state index contributed by atoms with van der Waals surface area (Å²) in [6.45, 7) is 0.206. The van der Waals surface area contributed by atoms with Gasteiger partial charge in [-0.05, 0) is 29.8 Å². The van der Waals surface area contributed by atoms with E-state index in [1.807, 2.05) is 30.3 Å². The first-order valence-corrected chi connectivity index (χ1v) is 10.5. The maximum absolute atomic E-state index is 14.1. The lowest BCUT2D eigenvalue weighted by atomic mass is 10.1. The Morgan fingerprint density at radius 2 is 1.75 bits per heavy atom. The molecule has 5 aromatic rings. The third kappa shape index (κ3) is 3.34. The number of hydrogen-bond donors (Lipinski definition) is 1. The third-order valence-electron chi connectivity index (χ3n) is 5.04. The molecule has 8 heteroatoms. The van der Waals surface area contributed by atoms with Crippen molar-refractivity contribution in [2.24, 2.45) is 0 Å². The van der Waals surface area contributed by atoms with Crippen LogP contribution in [0.15, 0.2) is 96.7 Å². The smallest absolute Gasteiger partial charge is 0.354 e. The second kappa shape index (κ2) is 7.97. The molecule has 6 nitrogen and oxygen atoms in total. The number of aromatic hydroxyl groups is 1. The molecule has 0 saturated carbocycles. The molecule has 0 unspecified atom stereocenters. The van der Waals surface area contributed by atoms with E-state index in [2.05, 4.69) is 4.98 Å². The fourth-order valence-corrected chi connectivity index (χ4v) is 4.41. The van der Waals surface area contributed by atoms with E-state index < -0.39 is 22.8 Å². The number of hydrogen-bond acceptors (Lipinski definition) is 6. The minimum absolute atomic E-state index is 0.0530. The molecule has 0 spiro atoms. The van der Waals surface area contributed by atoms with Gasteiger partial charge in [0, 0.05) is 11.1 Å². The fraction of sp³-hybridized carbons (Fsp3) is 0.0417. The van der Waals surface area contributed by atoms with E-state index >= 15 is 0 Å². The molecule has 0 bridgehead atoms. The van der Waals surface area contributed by atoms with Crippen LogP contribution >= 0.6 is 11.8 Å². The van der Waals surface area contributed by atoms with Crippen molar-refractivity contribution in [1.29, 1.82) is 0 Å². The molecule has 3 heterocycles. The predicted molar refractivity (Wildman–Crippen MR) is 120 cm³/mol. The molecular weight excluding hydrogens is 431 g/mol. The molecule has 2 aromatic carbocycles. The summed E-state index contributed by atoms with van der Waals surface area (Å²) in [7, 11) is 0. The second-order valence-electron chi connectivity index (χ2n) is 7.06. The Bertz CT molecular complexity index is 1600. The number of fused-ring (bicyclic) bond motifs is 3. The van der Waals surface area contributed by atoms with E-state index in [0.29, 0.717) is 22.8 Å². The maximum Gasteiger partial charge on any atom is 0.354 e. The predicted octanol–water partition coefficient (Wildman–Crippen LogP) is 4.55. The number of nitrogens with zero attached hydrogens (tertiary/aromatic N) is 2. The normalized spacial score (nSPS) is 11.3. The summed E-state index contributed by atoms with van der Waals surface area (Å²) in [5.74, 6) is -1.09. The van der Waals surface area contributed by atoms with Crippen LogP contribution in [-0.2, 0) is 6.54 Å². The summed E-state index contributed by atoms with van der Waals surface area (Å²) in [4.78, 5) is 30.4. The highest BCUT2D eigenvalue weighted by Gasteiger charge is 2.23. The van der Waals surface area contributed by atoms with E-state index in [-0.39, 0.29) is 27.3 Å². The van der Waals surface area contributed by atoms with Crippen molar-refractivity contribution in [2.45, 2.75) is 16.3 Å². The Labute approximate surface area is 184 Å². The van der Waals surface area contributed by atoms with E-state index in [0.717, 1.165) is 5.56 Å². The molecule has 158 valence electrons. The Balaban J connectivity index is 1.80. The van der Waals surface area contributed by atoms with Crippen LogP contribution in [0.5, 0.6) is 5.75 Å². The molecule has 0 aliphatic carbocycles. The van der Waals surface area contributed by atoms with Crippen LogP contribution in [0, 0.1) is 5.82 Å². The number of aromatic nitrogens is 2. The van der Waals surface area contributed by atoms with Gasteiger partial charge >= 0.3 is 5.63 Å². The molecule has 3 aromatic heterocycles. The summed E-state index contributed by atoms with van der Waals surface area (Å²) in [5.41, 5.74) is -0.298. The number of pyridine rings is 2. The van der Waals surface area contributed by atoms with Crippen molar-refractivity contribution in [3.63, 3.8) is 0 Å². The Morgan fingerprint density at radius 3 is 2.53 bits per heavy atom. The lowest BCUT2D eigenvalue weighted by Gasteiger charge is -2.13. The van der Waals surface area contributed by atoms with Crippen molar-refractivity contribution in [3.05, 3.63) is 105 Å². The summed E-state index contributed by atoms with van der Waals surface area (Å²) >= 11 is 0.711. The summed E-state index contributed by atoms with van der Waals surface area (Å²) in [6.07, 6.45) is 1.54. The van der Waals surface area contributed by atoms with Crippen LogP contribution in [0.2, 0.25) is 0 Å². The number of halogens is 1. The first-order chi connectivity index (χ1) is 15.5. The lowest BCUT2D eigenvalue weighted by Crippen LogP contribution is -2.23. The quantitative estimate of drug-likeness (QED) is 0.408. The average Bonchev–Trinajstić information content (AvgIpc) is 2.81. The largest absolute Gasteiger partial charge is 0.505 e. The highest BCUT2D eigenvalue weighted by Crippen LogP contribution is 2.37. The van der Waals surface area contributed by atoms with Gasteiger partial charge in [0.25, 0.3) is 5.56 Å². The zero-order chi connectivity index (χ0) is 22.2. The summed E-state index contributed by atoms with van der Waals surface area (Å²) in [5, 5.41) is 11.2. The van der Waals surface area contributed by atoms with Crippen LogP contribution in [-0.4, -0.2) is 14.7 Å². The van der Waals surface area contributed by atoms with Gasteiger partial charge in [-0.25, -0.2) is 14.2 Å². The standard InChI is InChI=1S/C24H15FN2O4S/c25-16-10-4-5-11-17(16)32-21-19(28)18-20(31-24(21)30)15-9-6-12-26-22(15)27(23(18)29)13-14-7-2-1-3-8-14/h1-12,28H,13H2. The minimum Gasteiger partial charge on any atom is -0.505 e. The van der Waals surface area contributed by atoms with Gasteiger partial charge in [0.05, 0.1) is 11.9 Å². The molecule has 0 radical (unpaired) electrons. The first kappa shape index (κ1) is 20.0. The zero-order valence-corrected chi connectivity index (χ0v) is 17.3. The third-order valence-corrected chi connectivity index (χ3v) is 6.15. The van der Waals surface area contributed by atoms with Crippen molar-refractivity contribution >= 4 is 33.8 Å². The topological polar surface area (TPSA) is 85.3 Å². The van der Waals surface area contributed by atoms with E-state index in [4.69, 9.17) is 4.42 Å². The summed E-state index contributed by atoms with van der Waals surface area (Å²) in [6, 6.07) is 18.5. The Kier molecular flexibility index (Phi) is 4.99. The van der Waals surface area contributed by atoms with E-state index in [1.165, 1.54) is 29.0 Å². The molecule has 0 aliphatic heterocycles. The SMILES string of the molecule is O=c1oc2c(c(O)c1Sc1ccccc1F)c(=O)n(Cc1ccccc1)c1ncccc21. The molecule has 0 atom stereocenters. The van der Waals surface area contributed by atoms with Gasteiger partial charge in [-0.1, -0.05) is 54.2 Å². The van der Waals surface area contributed by atoms with Gasteiger partial charge in [0.15, 0.2) is 11.3 Å². The number of rotatable bonds is 4. The first-order valence-electron chi connectivity index (χ1n) is 9.68. The zero-order valence-electron chi connectivity index (χ0n) is 16.5. The van der Waals surface area contributed by atoms with Gasteiger partial charge in [-0.2, -0.15) is 0 Å². The molecule has 0 amide bonds. The van der Waals surface area contributed by atoms with Crippen molar-refractivity contribution < 1.29 is 13.9 Å². The fourth-order valence-electron chi connectivity index (χ4n) is 3.56. The highest BCUT2D eigenvalue weighted by molar-refractivity contribution is 7.99. The average molecular weight is 446 g/mol. The van der Waals surface area contributed by atoms with Gasteiger partial charge in [-0.3, -0.25) is 9.36 Å². The van der Waals surface area contributed by atoms with Crippen LogP contribution < -0.4 is 11.2 Å². The molecule has 0 saturated heterocycles. The maximum atomic E-state index is 14.1. The molecule has 1 N–H and O–H groups in total. The van der Waals surface area contributed by atoms with Crippen LogP contribution in [0.3, 0.4) is 0 Å². The van der Waals surface area contributed by atoms with Gasteiger partial charge < -0.3 is 9.52 Å². The Morgan fingerprint density at radius 1 is 1.00 bits per heavy atom. The Hall–Kier alpha value is -3.91. The number of benzene rings is 2.